The number of carbonyl (C=O) groups excluding carboxylic acids is 1. The van der Waals surface area contributed by atoms with Crippen LogP contribution in [0.5, 0.6) is 0 Å². The fourth-order valence-corrected chi connectivity index (χ4v) is 1.87. The summed E-state index contributed by atoms with van der Waals surface area (Å²) < 4.78 is 5.88. The monoisotopic (exact) mass is 184 g/mol. The molecule has 1 fully saturated rings. The van der Waals surface area contributed by atoms with Gasteiger partial charge in [0.05, 0.1) is 11.7 Å². The van der Waals surface area contributed by atoms with E-state index in [9.17, 15) is 4.79 Å². The number of Topliss-reactive ketones (excluding diaryl/α,β-unsaturated/α-hetero) is 1. The maximum atomic E-state index is 11.0. The zero-order valence-corrected chi connectivity index (χ0v) is 9.09. The highest BCUT2D eigenvalue weighted by molar-refractivity contribution is 5.76. The van der Waals surface area contributed by atoms with Gasteiger partial charge in [0.25, 0.3) is 0 Å². The summed E-state index contributed by atoms with van der Waals surface area (Å²) in [7, 11) is 0. The molecule has 2 nitrogen and oxygen atoms in total. The van der Waals surface area contributed by atoms with Crippen LogP contribution in [-0.4, -0.2) is 17.5 Å². The van der Waals surface area contributed by atoms with Crippen LogP contribution in [0.2, 0.25) is 0 Å². The number of ether oxygens (including phenoxy) is 1. The molecule has 0 bridgehead atoms. The lowest BCUT2D eigenvalue weighted by atomic mass is 9.86. The minimum absolute atomic E-state index is 0.0351. The molecule has 1 rings (SSSR count). The van der Waals surface area contributed by atoms with Crippen LogP contribution in [0, 0.1) is 5.92 Å². The van der Waals surface area contributed by atoms with Crippen molar-refractivity contribution in [3.8, 4) is 0 Å². The van der Waals surface area contributed by atoms with Gasteiger partial charge in [-0.1, -0.05) is 6.92 Å². The summed E-state index contributed by atoms with van der Waals surface area (Å²) in [5.74, 6) is 0.756. The largest absolute Gasteiger partial charge is 0.372 e. The van der Waals surface area contributed by atoms with E-state index in [-0.39, 0.29) is 17.5 Å². The predicted octanol–water partition coefficient (Wildman–Crippen LogP) is 2.56. The van der Waals surface area contributed by atoms with Crippen molar-refractivity contribution in [2.75, 3.05) is 0 Å². The molecule has 0 radical (unpaired) electrons. The van der Waals surface area contributed by atoms with Crippen LogP contribution in [0.15, 0.2) is 0 Å². The first kappa shape index (κ1) is 10.7. The summed E-state index contributed by atoms with van der Waals surface area (Å²) in [6.07, 6.45) is 2.99. The third kappa shape index (κ3) is 3.11. The Balaban J connectivity index is 2.55. The Labute approximate surface area is 80.7 Å². The molecule has 0 N–H and O–H groups in total. The first-order valence-corrected chi connectivity index (χ1v) is 5.08. The van der Waals surface area contributed by atoms with E-state index in [2.05, 4.69) is 20.8 Å². The van der Waals surface area contributed by atoms with Crippen LogP contribution in [-0.2, 0) is 9.53 Å². The molecule has 1 saturated heterocycles. The third-order valence-electron chi connectivity index (χ3n) is 2.80. The Morgan fingerprint density at radius 1 is 1.54 bits per heavy atom. The molecule has 0 aromatic carbocycles. The fourth-order valence-electron chi connectivity index (χ4n) is 1.87. The van der Waals surface area contributed by atoms with Crippen molar-refractivity contribution in [2.45, 2.75) is 58.7 Å². The van der Waals surface area contributed by atoms with Crippen LogP contribution in [0.4, 0.5) is 0 Å². The normalized spacial score (nSPS) is 32.9. The summed E-state index contributed by atoms with van der Waals surface area (Å²) in [6, 6.07) is 0. The number of hydrogen-bond acceptors (Lipinski definition) is 2. The van der Waals surface area contributed by atoms with E-state index in [1.54, 1.807) is 6.92 Å². The van der Waals surface area contributed by atoms with E-state index < -0.39 is 0 Å². The molecule has 2 heteroatoms. The molecule has 0 saturated carbocycles. The average Bonchev–Trinajstić information content (AvgIpc) is 1.95. The third-order valence-corrected chi connectivity index (χ3v) is 2.80. The second kappa shape index (κ2) is 3.79. The van der Waals surface area contributed by atoms with Crippen molar-refractivity contribution in [1.82, 2.24) is 0 Å². The number of ketones is 1. The minimum atomic E-state index is -0.0351. The van der Waals surface area contributed by atoms with Crippen molar-refractivity contribution in [3.63, 3.8) is 0 Å². The maximum absolute atomic E-state index is 11.0. The summed E-state index contributed by atoms with van der Waals surface area (Å²) in [5, 5.41) is 0. The highest BCUT2D eigenvalue weighted by Gasteiger charge is 2.33. The van der Waals surface area contributed by atoms with E-state index in [1.807, 2.05) is 0 Å². The van der Waals surface area contributed by atoms with Crippen molar-refractivity contribution in [2.24, 2.45) is 5.92 Å². The molecule has 2 unspecified atom stereocenters. The van der Waals surface area contributed by atoms with E-state index >= 15 is 0 Å². The maximum Gasteiger partial charge on any atom is 0.132 e. The molecule has 0 aliphatic carbocycles. The van der Waals surface area contributed by atoms with Crippen molar-refractivity contribution in [1.29, 1.82) is 0 Å². The van der Waals surface area contributed by atoms with Gasteiger partial charge in [0.2, 0.25) is 0 Å². The zero-order chi connectivity index (χ0) is 10.1. The lowest BCUT2D eigenvalue weighted by Crippen LogP contribution is -2.40. The van der Waals surface area contributed by atoms with Crippen LogP contribution in [0.25, 0.3) is 0 Å². The van der Waals surface area contributed by atoms with Crippen LogP contribution in [0.3, 0.4) is 0 Å². The van der Waals surface area contributed by atoms with Gasteiger partial charge in [-0.05, 0) is 39.5 Å². The van der Waals surface area contributed by atoms with Gasteiger partial charge in [-0.3, -0.25) is 4.79 Å². The number of rotatable bonds is 2. The molecule has 13 heavy (non-hydrogen) atoms. The molecule has 2 atom stereocenters. The van der Waals surface area contributed by atoms with Gasteiger partial charge in [-0.25, -0.2) is 0 Å². The van der Waals surface area contributed by atoms with Crippen LogP contribution in [0.1, 0.15) is 47.0 Å². The molecular formula is C11H20O2. The molecule has 0 spiro atoms. The van der Waals surface area contributed by atoms with E-state index in [1.165, 1.54) is 6.42 Å². The van der Waals surface area contributed by atoms with Gasteiger partial charge in [-0.15, -0.1) is 0 Å². The Kier molecular flexibility index (Phi) is 3.12. The van der Waals surface area contributed by atoms with Gasteiger partial charge >= 0.3 is 0 Å². The SMILES string of the molecule is CC(=O)CC1OC(C)(C)CCC1C. The predicted molar refractivity (Wildman–Crippen MR) is 52.6 cm³/mol. The first-order chi connectivity index (χ1) is 5.91. The Bertz CT molecular complexity index is 196. The molecule has 1 aliphatic rings. The van der Waals surface area contributed by atoms with E-state index in [0.29, 0.717) is 12.3 Å². The summed E-state index contributed by atoms with van der Waals surface area (Å²) in [5.41, 5.74) is -0.0351. The highest BCUT2D eigenvalue weighted by Crippen LogP contribution is 2.33. The van der Waals surface area contributed by atoms with Crippen molar-refractivity contribution >= 4 is 5.78 Å². The summed E-state index contributed by atoms with van der Waals surface area (Å²) >= 11 is 0. The lowest BCUT2D eigenvalue weighted by Gasteiger charge is -2.39. The number of hydrogen-bond donors (Lipinski definition) is 0. The second-order valence-corrected chi connectivity index (χ2v) is 4.84. The highest BCUT2D eigenvalue weighted by atomic mass is 16.5. The van der Waals surface area contributed by atoms with Gasteiger partial charge in [0.15, 0.2) is 0 Å². The second-order valence-electron chi connectivity index (χ2n) is 4.84. The summed E-state index contributed by atoms with van der Waals surface area (Å²) in [4.78, 5) is 11.0. The van der Waals surface area contributed by atoms with E-state index in [4.69, 9.17) is 4.74 Å². The van der Waals surface area contributed by atoms with E-state index in [0.717, 1.165) is 6.42 Å². The zero-order valence-electron chi connectivity index (χ0n) is 9.09. The van der Waals surface area contributed by atoms with Crippen molar-refractivity contribution in [3.05, 3.63) is 0 Å². The first-order valence-electron chi connectivity index (χ1n) is 5.08. The van der Waals surface area contributed by atoms with Gasteiger partial charge in [0.1, 0.15) is 5.78 Å². The van der Waals surface area contributed by atoms with Gasteiger partial charge < -0.3 is 4.74 Å². The Hall–Kier alpha value is -0.370. The molecule has 0 aromatic heterocycles. The summed E-state index contributed by atoms with van der Waals surface area (Å²) in [6.45, 7) is 8.01. The molecular weight excluding hydrogens is 164 g/mol. The number of carbonyl (C=O) groups is 1. The smallest absolute Gasteiger partial charge is 0.132 e. The standard InChI is InChI=1S/C11H20O2/c1-8-5-6-11(3,4)13-10(8)7-9(2)12/h8,10H,5-7H2,1-4H3. The fraction of sp³-hybridized carbons (Fsp3) is 0.909. The Morgan fingerprint density at radius 3 is 2.69 bits per heavy atom. The Morgan fingerprint density at radius 2 is 2.15 bits per heavy atom. The van der Waals surface area contributed by atoms with Crippen LogP contribution >= 0.6 is 0 Å². The quantitative estimate of drug-likeness (QED) is 0.659. The molecule has 76 valence electrons. The minimum Gasteiger partial charge on any atom is -0.372 e. The molecule has 1 aliphatic heterocycles. The van der Waals surface area contributed by atoms with Crippen molar-refractivity contribution < 1.29 is 9.53 Å². The van der Waals surface area contributed by atoms with Gasteiger partial charge in [-0.2, -0.15) is 0 Å². The van der Waals surface area contributed by atoms with Crippen LogP contribution < -0.4 is 0 Å². The molecule has 0 aromatic rings. The average molecular weight is 184 g/mol. The molecule has 0 amide bonds. The molecule has 1 heterocycles. The van der Waals surface area contributed by atoms with Gasteiger partial charge in [0, 0.05) is 6.42 Å². The topological polar surface area (TPSA) is 26.3 Å². The lowest BCUT2D eigenvalue weighted by molar-refractivity contribution is -0.144.